The van der Waals surface area contributed by atoms with Crippen LogP contribution in [0.2, 0.25) is 0 Å². The van der Waals surface area contributed by atoms with Gasteiger partial charge in [-0.3, -0.25) is 9.78 Å². The number of benzene rings is 1. The summed E-state index contributed by atoms with van der Waals surface area (Å²) in [5, 5.41) is 4.41. The molecule has 2 aromatic heterocycles. The largest absolute Gasteiger partial charge is 0.481 e. The zero-order chi connectivity index (χ0) is 17.6. The van der Waals surface area contributed by atoms with E-state index in [-0.39, 0.29) is 5.91 Å². The van der Waals surface area contributed by atoms with Crippen LogP contribution >= 0.6 is 11.3 Å². The number of para-hydroxylation sites is 1. The summed E-state index contributed by atoms with van der Waals surface area (Å²) in [5.41, 5.74) is 3.47. The van der Waals surface area contributed by atoms with Crippen LogP contribution in [-0.4, -0.2) is 32.7 Å². The number of amides is 1. The van der Waals surface area contributed by atoms with E-state index >= 15 is 0 Å². The second-order valence-electron chi connectivity index (χ2n) is 5.29. The molecule has 25 heavy (non-hydrogen) atoms. The normalized spacial score (nSPS) is 10.4. The van der Waals surface area contributed by atoms with E-state index in [9.17, 15) is 4.79 Å². The summed E-state index contributed by atoms with van der Waals surface area (Å²) in [6, 6.07) is 9.72. The van der Waals surface area contributed by atoms with E-state index in [1.165, 1.54) is 17.4 Å². The van der Waals surface area contributed by atoms with Gasteiger partial charge in [0.15, 0.2) is 0 Å². The molecule has 0 aliphatic carbocycles. The van der Waals surface area contributed by atoms with Crippen LogP contribution in [-0.2, 0) is 17.9 Å². The van der Waals surface area contributed by atoms with Crippen molar-refractivity contribution in [2.24, 2.45) is 0 Å². The zero-order valence-electron chi connectivity index (χ0n) is 13.8. The first-order valence-corrected chi connectivity index (χ1v) is 8.56. The average molecular weight is 354 g/mol. The minimum atomic E-state index is -0.150. The lowest BCUT2D eigenvalue weighted by molar-refractivity contribution is -0.127. The smallest absolute Gasteiger partial charge is 0.246 e. The Labute approximate surface area is 150 Å². The van der Waals surface area contributed by atoms with Crippen LogP contribution in [0.3, 0.4) is 0 Å². The molecule has 0 aliphatic heterocycles. The fourth-order valence-electron chi connectivity index (χ4n) is 2.51. The lowest BCUT2D eigenvalue weighted by atomic mass is 10.2. The van der Waals surface area contributed by atoms with Gasteiger partial charge in [-0.2, -0.15) is 5.10 Å². The van der Waals surface area contributed by atoms with Crippen molar-refractivity contribution in [3.05, 3.63) is 71.3 Å². The summed E-state index contributed by atoms with van der Waals surface area (Å²) < 4.78 is 7.27. The number of hydrogen-bond acceptors (Lipinski definition) is 5. The molecule has 0 saturated heterocycles. The van der Waals surface area contributed by atoms with Gasteiger partial charge in [0, 0.05) is 11.1 Å². The summed E-state index contributed by atoms with van der Waals surface area (Å²) in [6.45, 7) is 4.43. The number of carbonyl (C=O) groups excluding carboxylic acids is 1. The van der Waals surface area contributed by atoms with Crippen molar-refractivity contribution in [1.82, 2.24) is 19.7 Å². The number of thiazole rings is 1. The molecular formula is C18H18N4O2S. The molecule has 1 amide bonds. The second-order valence-corrected chi connectivity index (χ2v) is 6.26. The minimum Gasteiger partial charge on any atom is -0.481 e. The van der Waals surface area contributed by atoms with Crippen molar-refractivity contribution in [3.63, 3.8) is 0 Å². The summed E-state index contributed by atoms with van der Waals surface area (Å²) in [7, 11) is 1.60. The van der Waals surface area contributed by atoms with Crippen LogP contribution in [0.25, 0.3) is 5.69 Å². The fourth-order valence-corrected chi connectivity index (χ4v) is 3.11. The van der Waals surface area contributed by atoms with Crippen LogP contribution in [0.5, 0.6) is 5.88 Å². The second kappa shape index (κ2) is 7.76. The molecule has 128 valence electrons. The molecule has 3 aromatic rings. The van der Waals surface area contributed by atoms with E-state index in [4.69, 9.17) is 4.74 Å². The van der Waals surface area contributed by atoms with Crippen molar-refractivity contribution < 1.29 is 9.53 Å². The standard InChI is InChI=1S/C18H18N4O2S/c1-3-17(23)21(12-16-10-19-13-25-16)11-14-9-20-22(18(14)24-2)15-7-5-4-6-8-15/h3-10,13H,1,11-12H2,2H3. The molecule has 0 unspecified atom stereocenters. The Morgan fingerprint density at radius 3 is 2.76 bits per heavy atom. The number of carbonyl (C=O) groups is 1. The molecule has 0 spiro atoms. The SMILES string of the molecule is C=CC(=O)N(Cc1cncs1)Cc1cnn(-c2ccccc2)c1OC. The highest BCUT2D eigenvalue weighted by Crippen LogP contribution is 2.24. The van der Waals surface area contributed by atoms with E-state index < -0.39 is 0 Å². The van der Waals surface area contributed by atoms with E-state index in [0.717, 1.165) is 16.1 Å². The van der Waals surface area contributed by atoms with Gasteiger partial charge in [-0.05, 0) is 18.2 Å². The highest BCUT2D eigenvalue weighted by Gasteiger charge is 2.19. The van der Waals surface area contributed by atoms with Crippen LogP contribution in [0.1, 0.15) is 10.4 Å². The Hall–Kier alpha value is -2.93. The van der Waals surface area contributed by atoms with Crippen molar-refractivity contribution in [2.45, 2.75) is 13.1 Å². The molecule has 0 bridgehead atoms. The molecule has 0 aliphatic rings. The number of methoxy groups -OCH3 is 1. The minimum absolute atomic E-state index is 0.150. The maximum absolute atomic E-state index is 12.2. The van der Waals surface area contributed by atoms with Gasteiger partial charge in [-0.1, -0.05) is 24.8 Å². The first kappa shape index (κ1) is 16.9. The van der Waals surface area contributed by atoms with Gasteiger partial charge in [0.25, 0.3) is 0 Å². The Kier molecular flexibility index (Phi) is 5.25. The van der Waals surface area contributed by atoms with Crippen molar-refractivity contribution in [3.8, 4) is 11.6 Å². The third-order valence-electron chi connectivity index (χ3n) is 3.67. The third-order valence-corrected chi connectivity index (χ3v) is 4.43. The number of rotatable bonds is 7. The molecule has 1 aromatic carbocycles. The molecule has 0 N–H and O–H groups in total. The van der Waals surface area contributed by atoms with Crippen molar-refractivity contribution in [2.75, 3.05) is 7.11 Å². The molecule has 3 rings (SSSR count). The maximum Gasteiger partial charge on any atom is 0.246 e. The van der Waals surface area contributed by atoms with Crippen molar-refractivity contribution >= 4 is 17.2 Å². The average Bonchev–Trinajstić information content (AvgIpc) is 3.30. The zero-order valence-corrected chi connectivity index (χ0v) is 14.6. The van der Waals surface area contributed by atoms with Gasteiger partial charge in [-0.15, -0.1) is 11.3 Å². The van der Waals surface area contributed by atoms with Gasteiger partial charge >= 0.3 is 0 Å². The maximum atomic E-state index is 12.2. The quantitative estimate of drug-likeness (QED) is 0.612. The van der Waals surface area contributed by atoms with E-state index in [2.05, 4.69) is 16.7 Å². The lowest BCUT2D eigenvalue weighted by Crippen LogP contribution is -2.28. The summed E-state index contributed by atoms with van der Waals surface area (Å²) in [5.74, 6) is 0.459. The summed E-state index contributed by atoms with van der Waals surface area (Å²) in [4.78, 5) is 19.0. The summed E-state index contributed by atoms with van der Waals surface area (Å²) in [6.07, 6.45) is 4.80. The Morgan fingerprint density at radius 2 is 2.12 bits per heavy atom. The molecule has 0 saturated carbocycles. The topological polar surface area (TPSA) is 60.2 Å². The molecule has 7 heteroatoms. The summed E-state index contributed by atoms with van der Waals surface area (Å²) >= 11 is 1.51. The number of aromatic nitrogens is 3. The lowest BCUT2D eigenvalue weighted by Gasteiger charge is -2.20. The monoisotopic (exact) mass is 354 g/mol. The van der Waals surface area contributed by atoms with E-state index in [0.29, 0.717) is 19.0 Å². The van der Waals surface area contributed by atoms with E-state index in [1.807, 2.05) is 30.3 Å². The third kappa shape index (κ3) is 3.77. The highest BCUT2D eigenvalue weighted by atomic mass is 32.1. The van der Waals surface area contributed by atoms with Gasteiger partial charge in [0.05, 0.1) is 43.2 Å². The van der Waals surface area contributed by atoms with Gasteiger partial charge in [0.1, 0.15) is 0 Å². The van der Waals surface area contributed by atoms with Crippen molar-refractivity contribution in [1.29, 1.82) is 0 Å². The number of ether oxygens (including phenoxy) is 1. The fraction of sp³-hybridized carbons (Fsp3) is 0.167. The van der Waals surface area contributed by atoms with Crippen LogP contribution < -0.4 is 4.74 Å². The van der Waals surface area contributed by atoms with Gasteiger partial charge in [-0.25, -0.2) is 4.68 Å². The highest BCUT2D eigenvalue weighted by molar-refractivity contribution is 7.09. The first-order chi connectivity index (χ1) is 12.2. The van der Waals surface area contributed by atoms with Gasteiger partial charge in [0.2, 0.25) is 11.8 Å². The van der Waals surface area contributed by atoms with Crippen LogP contribution in [0, 0.1) is 0 Å². The molecular weight excluding hydrogens is 336 g/mol. The predicted molar refractivity (Wildman–Crippen MR) is 96.7 cm³/mol. The molecule has 6 nitrogen and oxygen atoms in total. The number of nitrogens with zero attached hydrogens (tertiary/aromatic N) is 4. The predicted octanol–water partition coefficient (Wildman–Crippen LogP) is 3.05. The molecule has 0 radical (unpaired) electrons. The van der Waals surface area contributed by atoms with Crippen LogP contribution in [0.4, 0.5) is 0 Å². The van der Waals surface area contributed by atoms with E-state index in [1.54, 1.807) is 34.6 Å². The number of hydrogen-bond donors (Lipinski definition) is 0. The van der Waals surface area contributed by atoms with Gasteiger partial charge < -0.3 is 9.64 Å². The Bertz CT molecular complexity index is 843. The Balaban J connectivity index is 1.88. The molecule has 0 atom stereocenters. The molecule has 0 fully saturated rings. The molecule has 2 heterocycles. The van der Waals surface area contributed by atoms with Crippen LogP contribution in [0.15, 0.2) is 60.9 Å². The Morgan fingerprint density at radius 1 is 1.32 bits per heavy atom. The first-order valence-electron chi connectivity index (χ1n) is 7.68.